The summed E-state index contributed by atoms with van der Waals surface area (Å²) in [6.07, 6.45) is 8.84. The lowest BCUT2D eigenvalue weighted by molar-refractivity contribution is 0.742. The first-order chi connectivity index (χ1) is 45.7. The largest absolute Gasteiger partial charge is 0.309 e. The summed E-state index contributed by atoms with van der Waals surface area (Å²) in [5.41, 5.74) is 27.4. The first kappa shape index (κ1) is 50.9. The zero-order valence-electron chi connectivity index (χ0n) is 50.0. The third-order valence-electron chi connectivity index (χ3n) is 20.9. The van der Waals surface area contributed by atoms with Crippen LogP contribution in [0.4, 0.5) is 34.3 Å². The molecule has 2 aliphatic heterocycles. The second-order valence-electron chi connectivity index (χ2n) is 25.0. The van der Waals surface area contributed by atoms with E-state index >= 15 is 0 Å². The minimum absolute atomic E-state index is 0.535. The van der Waals surface area contributed by atoms with Crippen LogP contribution >= 0.6 is 0 Å². The van der Waals surface area contributed by atoms with Crippen molar-refractivity contribution in [1.82, 2.24) is 14.1 Å². The first-order valence-corrected chi connectivity index (χ1v) is 31.9. The van der Waals surface area contributed by atoms with E-state index in [-0.39, 0.29) is 0 Å². The average Bonchev–Trinajstić information content (AvgIpc) is 1.45. The zero-order chi connectivity index (χ0) is 60.4. The number of nitriles is 1. The average molecular weight is 1170 g/mol. The fraction of sp³-hybridized carbons (Fsp3) is 0.0465. The minimum atomic E-state index is -0.593. The number of pyridine rings is 1. The van der Waals surface area contributed by atoms with E-state index in [1.807, 2.05) is 0 Å². The summed E-state index contributed by atoms with van der Waals surface area (Å²) in [4.78, 5) is 10.6. The highest BCUT2D eigenvalue weighted by Crippen LogP contribution is 2.66. The van der Waals surface area contributed by atoms with Crippen LogP contribution in [0.3, 0.4) is 0 Å². The summed E-state index contributed by atoms with van der Waals surface area (Å²) in [7, 11) is 0. The van der Waals surface area contributed by atoms with E-state index in [0.717, 1.165) is 113 Å². The molecule has 6 nitrogen and oxygen atoms in total. The van der Waals surface area contributed by atoms with Gasteiger partial charge in [-0.05, 0) is 140 Å². The first-order valence-electron chi connectivity index (χ1n) is 31.9. The molecule has 0 N–H and O–H groups in total. The molecular weight excluding hydrogens is 1120 g/mol. The van der Waals surface area contributed by atoms with Crippen molar-refractivity contribution < 1.29 is 0 Å². The predicted molar refractivity (Wildman–Crippen MR) is 375 cm³/mol. The number of para-hydroxylation sites is 8. The number of aromatic nitrogens is 3. The molecule has 5 aliphatic rings. The van der Waals surface area contributed by atoms with Crippen LogP contribution in [0.15, 0.2) is 309 Å². The Morgan fingerprint density at radius 1 is 0.337 bits per heavy atom. The Labute approximate surface area is 532 Å². The number of hydrogen-bond donors (Lipinski definition) is 0. The molecule has 20 rings (SSSR count). The molecule has 15 aromatic rings. The highest BCUT2D eigenvalue weighted by Gasteiger charge is 2.54. The van der Waals surface area contributed by atoms with Crippen LogP contribution in [-0.4, -0.2) is 14.1 Å². The second-order valence-corrected chi connectivity index (χ2v) is 25.0. The van der Waals surface area contributed by atoms with Crippen LogP contribution in [0.2, 0.25) is 0 Å². The molecule has 0 atom stereocenters. The summed E-state index contributed by atoms with van der Waals surface area (Å²) in [5, 5.41) is 16.8. The number of rotatable bonds is 5. The normalized spacial score (nSPS) is 14.9. The summed E-state index contributed by atoms with van der Waals surface area (Å²) in [6.45, 7) is 0. The monoisotopic (exact) mass is 1170 g/mol. The van der Waals surface area contributed by atoms with Gasteiger partial charge in [-0.1, -0.05) is 231 Å². The van der Waals surface area contributed by atoms with Crippen molar-refractivity contribution in [3.05, 3.63) is 359 Å². The zero-order valence-corrected chi connectivity index (χ0v) is 50.0. The Hall–Kier alpha value is -12.0. The Morgan fingerprint density at radius 3 is 1.22 bits per heavy atom. The van der Waals surface area contributed by atoms with Crippen LogP contribution in [0, 0.1) is 11.3 Å². The van der Waals surface area contributed by atoms with Gasteiger partial charge in [-0.3, -0.25) is 4.90 Å². The van der Waals surface area contributed by atoms with E-state index in [9.17, 15) is 5.26 Å². The fourth-order valence-corrected chi connectivity index (χ4v) is 17.5. The number of nitrogens with zero attached hydrogens (tertiary/aromatic N) is 6. The van der Waals surface area contributed by atoms with Gasteiger partial charge >= 0.3 is 0 Å². The van der Waals surface area contributed by atoms with Crippen molar-refractivity contribution in [2.45, 2.75) is 23.7 Å². The maximum atomic E-state index is 12.2. The van der Waals surface area contributed by atoms with Crippen molar-refractivity contribution in [2.75, 3.05) is 9.80 Å². The predicted octanol–water partition coefficient (Wildman–Crippen LogP) is 21.2. The van der Waals surface area contributed by atoms with Crippen molar-refractivity contribution in [3.8, 4) is 39.7 Å². The number of hydrogen-bond acceptors (Lipinski definition) is 4. The summed E-state index contributed by atoms with van der Waals surface area (Å²) >= 11 is 0. The fourth-order valence-electron chi connectivity index (χ4n) is 17.5. The molecule has 3 aliphatic carbocycles. The second kappa shape index (κ2) is 19.0. The molecule has 6 heteroatoms. The van der Waals surface area contributed by atoms with E-state index in [1.165, 1.54) is 66.8 Å². The van der Waals surface area contributed by atoms with Gasteiger partial charge in [0, 0.05) is 44.9 Å². The van der Waals surface area contributed by atoms with Gasteiger partial charge in [0.1, 0.15) is 11.9 Å². The highest BCUT2D eigenvalue weighted by atomic mass is 15.2. The molecule has 0 bridgehead atoms. The third-order valence-corrected chi connectivity index (χ3v) is 20.9. The Balaban J connectivity index is 0.884. The topological polar surface area (TPSA) is 53.0 Å². The van der Waals surface area contributed by atoms with Gasteiger partial charge in [0.2, 0.25) is 0 Å². The Morgan fingerprint density at radius 2 is 0.728 bits per heavy atom. The maximum Gasteiger partial charge on any atom is 0.139 e. The molecule has 0 saturated heterocycles. The molecular formula is C86H54N6. The van der Waals surface area contributed by atoms with Gasteiger partial charge in [0.05, 0.1) is 78.3 Å². The number of allylic oxidation sites excluding steroid dienone is 4. The smallest absolute Gasteiger partial charge is 0.139 e. The van der Waals surface area contributed by atoms with Crippen molar-refractivity contribution in [3.63, 3.8) is 0 Å². The molecule has 92 heavy (non-hydrogen) atoms. The van der Waals surface area contributed by atoms with Gasteiger partial charge in [-0.15, -0.1) is 0 Å². The molecule has 0 saturated carbocycles. The standard InChI is InChI=1S/C86H54N6/c87-52-54-49-63(82(89-73-41-17-5-29-59(73)60-30-6-18-42-74(60)89)50-81(54)91-77-45-21-13-37-69(77)85(70-38-14-22-46-78(70)91)65-33-9-1-25-55(65)56-26-2-10-34-66(56)85)64-53-88-84(51-83(64)90-75-43-19-7-31-61(75)62-32-8-20-44-76(62)90)92-79-47-23-15-39-71(79)86(72-40-16-24-48-80(72)92)67-35-11-3-27-57(67)58-28-4-12-36-68(58)86/h1,3-25,27-51,53H,2,26H2. The van der Waals surface area contributed by atoms with Gasteiger partial charge < -0.3 is 14.0 Å². The summed E-state index contributed by atoms with van der Waals surface area (Å²) in [5.74, 6) is 0.769. The van der Waals surface area contributed by atoms with Crippen molar-refractivity contribution in [2.24, 2.45) is 0 Å². The van der Waals surface area contributed by atoms with E-state index in [2.05, 4.69) is 328 Å². The van der Waals surface area contributed by atoms with E-state index in [0.29, 0.717) is 5.56 Å². The number of benzene rings is 12. The molecule has 3 aromatic heterocycles. The van der Waals surface area contributed by atoms with Crippen LogP contribution in [0.1, 0.15) is 62.9 Å². The molecule has 2 spiro atoms. The van der Waals surface area contributed by atoms with Crippen molar-refractivity contribution in [1.29, 1.82) is 5.26 Å². The van der Waals surface area contributed by atoms with Crippen LogP contribution in [0.25, 0.3) is 82.8 Å². The molecule has 0 radical (unpaired) electrons. The summed E-state index contributed by atoms with van der Waals surface area (Å²) < 4.78 is 4.87. The quantitative estimate of drug-likeness (QED) is 0.172. The lowest BCUT2D eigenvalue weighted by Crippen LogP contribution is -2.37. The van der Waals surface area contributed by atoms with E-state index in [4.69, 9.17) is 4.98 Å². The van der Waals surface area contributed by atoms with Gasteiger partial charge in [-0.2, -0.15) is 5.26 Å². The SMILES string of the molecule is N#Cc1cc(-c2cnc(N3c4ccccc4C4(c5ccccc5-c5ccccc54)c4ccccc43)cc2-n2c3ccccc3c3ccccc32)c(-n2c3ccccc3c3ccccc32)cc1N1c2ccccc2C2(C3=C(CCC=C3)c3ccccc32)c2ccccc21. The molecule has 0 amide bonds. The van der Waals surface area contributed by atoms with E-state index < -0.39 is 10.8 Å². The lowest BCUT2D eigenvalue weighted by atomic mass is 9.63. The Kier molecular flexibility index (Phi) is 10.5. The molecule has 12 aromatic carbocycles. The minimum Gasteiger partial charge on any atom is -0.309 e. The summed E-state index contributed by atoms with van der Waals surface area (Å²) in [6, 6.07) is 107. The van der Waals surface area contributed by atoms with Crippen molar-refractivity contribution >= 4 is 83.4 Å². The highest BCUT2D eigenvalue weighted by molar-refractivity contribution is 6.12. The van der Waals surface area contributed by atoms with Gasteiger partial charge in [0.15, 0.2) is 0 Å². The van der Waals surface area contributed by atoms with E-state index in [1.54, 1.807) is 0 Å². The number of anilines is 6. The molecule has 5 heterocycles. The van der Waals surface area contributed by atoms with Crippen LogP contribution in [0.5, 0.6) is 0 Å². The molecule has 0 fully saturated rings. The van der Waals surface area contributed by atoms with Gasteiger partial charge in [-0.25, -0.2) is 4.98 Å². The van der Waals surface area contributed by atoms with Gasteiger partial charge in [0.25, 0.3) is 0 Å². The van der Waals surface area contributed by atoms with Crippen LogP contribution in [-0.2, 0) is 10.8 Å². The number of fused-ring (bicyclic) bond motifs is 23. The molecule has 428 valence electrons. The lowest BCUT2D eigenvalue weighted by Gasteiger charge is -2.46. The van der Waals surface area contributed by atoms with Crippen LogP contribution < -0.4 is 9.80 Å². The maximum absolute atomic E-state index is 12.2. The molecule has 0 unspecified atom stereocenters. The third kappa shape index (κ3) is 6.48. The Bertz CT molecular complexity index is 5590.